The van der Waals surface area contributed by atoms with E-state index in [1.807, 2.05) is 0 Å². The quantitative estimate of drug-likeness (QED) is 0.680. The van der Waals surface area contributed by atoms with Crippen LogP contribution in [0.4, 0.5) is 10.1 Å². The largest absolute Gasteiger partial charge is 0.496 e. The lowest BCUT2D eigenvalue weighted by Crippen LogP contribution is -2.24. The van der Waals surface area contributed by atoms with Crippen LogP contribution in [0.15, 0.2) is 42.5 Å². The summed E-state index contributed by atoms with van der Waals surface area (Å²) in [7, 11) is 1.36. The molecule has 1 N–H and O–H groups in total. The highest BCUT2D eigenvalue weighted by Crippen LogP contribution is 2.24. The van der Waals surface area contributed by atoms with Crippen LogP contribution in [0.3, 0.4) is 0 Å². The van der Waals surface area contributed by atoms with Gasteiger partial charge in [-0.05, 0) is 12.1 Å². The predicted octanol–water partition coefficient (Wildman–Crippen LogP) is 2.67. The molecule has 2 rings (SSSR count). The summed E-state index contributed by atoms with van der Waals surface area (Å²) in [6, 6.07) is 9.73. The van der Waals surface area contributed by atoms with Crippen LogP contribution in [0.2, 0.25) is 0 Å². The van der Waals surface area contributed by atoms with Crippen LogP contribution in [0.1, 0.15) is 15.9 Å². The summed E-state index contributed by atoms with van der Waals surface area (Å²) in [5, 5.41) is 13.3. The van der Waals surface area contributed by atoms with Gasteiger partial charge in [0.25, 0.3) is 11.6 Å². The Morgan fingerprint density at radius 3 is 2.68 bits per heavy atom. The zero-order valence-electron chi connectivity index (χ0n) is 11.7. The van der Waals surface area contributed by atoms with Gasteiger partial charge in [-0.15, -0.1) is 0 Å². The van der Waals surface area contributed by atoms with Crippen molar-refractivity contribution >= 4 is 11.6 Å². The molecule has 6 nitrogen and oxygen atoms in total. The SMILES string of the molecule is COc1ccc([N+](=O)[O-])cc1C(=O)NCc1ccccc1F. The molecule has 2 aromatic carbocycles. The van der Waals surface area contributed by atoms with E-state index >= 15 is 0 Å². The van der Waals surface area contributed by atoms with Gasteiger partial charge < -0.3 is 10.1 Å². The van der Waals surface area contributed by atoms with Crippen LogP contribution in [0.5, 0.6) is 5.75 Å². The normalized spacial score (nSPS) is 10.1. The number of benzene rings is 2. The molecule has 0 saturated heterocycles. The van der Waals surface area contributed by atoms with E-state index in [4.69, 9.17) is 4.74 Å². The zero-order chi connectivity index (χ0) is 16.1. The lowest BCUT2D eigenvalue weighted by molar-refractivity contribution is -0.384. The van der Waals surface area contributed by atoms with Gasteiger partial charge in [0, 0.05) is 24.2 Å². The molecule has 114 valence electrons. The third-order valence-corrected chi connectivity index (χ3v) is 3.04. The zero-order valence-corrected chi connectivity index (χ0v) is 11.7. The first-order valence-corrected chi connectivity index (χ1v) is 6.37. The molecule has 0 aliphatic rings. The smallest absolute Gasteiger partial charge is 0.270 e. The van der Waals surface area contributed by atoms with Crippen LogP contribution in [-0.2, 0) is 6.54 Å². The van der Waals surface area contributed by atoms with Gasteiger partial charge in [0.2, 0.25) is 0 Å². The van der Waals surface area contributed by atoms with Gasteiger partial charge in [0.05, 0.1) is 17.6 Å². The van der Waals surface area contributed by atoms with Gasteiger partial charge in [-0.1, -0.05) is 18.2 Å². The van der Waals surface area contributed by atoms with E-state index in [9.17, 15) is 19.3 Å². The Hall–Kier alpha value is -2.96. The van der Waals surface area contributed by atoms with E-state index in [-0.39, 0.29) is 23.5 Å². The van der Waals surface area contributed by atoms with E-state index in [2.05, 4.69) is 5.32 Å². The molecule has 0 saturated carbocycles. The first kappa shape index (κ1) is 15.4. The minimum Gasteiger partial charge on any atom is -0.496 e. The van der Waals surface area contributed by atoms with Crippen LogP contribution in [0, 0.1) is 15.9 Å². The first-order chi connectivity index (χ1) is 10.5. The molecule has 0 aliphatic heterocycles. The van der Waals surface area contributed by atoms with Crippen molar-refractivity contribution in [3.8, 4) is 5.75 Å². The summed E-state index contributed by atoms with van der Waals surface area (Å²) < 4.78 is 18.5. The number of nitro groups is 1. The van der Waals surface area contributed by atoms with Crippen molar-refractivity contribution < 1.29 is 18.8 Å². The van der Waals surface area contributed by atoms with E-state index in [1.165, 1.54) is 25.3 Å². The molecule has 0 unspecified atom stereocenters. The summed E-state index contributed by atoms with van der Waals surface area (Å²) in [6.07, 6.45) is 0. The first-order valence-electron chi connectivity index (χ1n) is 6.37. The molecule has 1 amide bonds. The average molecular weight is 304 g/mol. The van der Waals surface area contributed by atoms with Crippen molar-refractivity contribution in [3.05, 3.63) is 69.5 Å². The van der Waals surface area contributed by atoms with Crippen molar-refractivity contribution in [1.29, 1.82) is 0 Å². The summed E-state index contributed by atoms with van der Waals surface area (Å²) in [5.41, 5.74) is 0.116. The van der Waals surface area contributed by atoms with Crippen LogP contribution < -0.4 is 10.1 Å². The second kappa shape index (κ2) is 6.66. The van der Waals surface area contributed by atoms with Gasteiger partial charge >= 0.3 is 0 Å². The number of amides is 1. The summed E-state index contributed by atoms with van der Waals surface area (Å²) in [6.45, 7) is -0.0304. The molecule has 22 heavy (non-hydrogen) atoms. The summed E-state index contributed by atoms with van der Waals surface area (Å²) >= 11 is 0. The van der Waals surface area contributed by atoms with Crippen molar-refractivity contribution in [2.24, 2.45) is 0 Å². The Kier molecular flexibility index (Phi) is 4.67. The van der Waals surface area contributed by atoms with E-state index in [1.54, 1.807) is 18.2 Å². The molecular weight excluding hydrogens is 291 g/mol. The number of methoxy groups -OCH3 is 1. The number of non-ortho nitro benzene ring substituents is 1. The number of nitrogens with zero attached hydrogens (tertiary/aromatic N) is 1. The van der Waals surface area contributed by atoms with E-state index < -0.39 is 16.6 Å². The van der Waals surface area contributed by atoms with E-state index in [0.29, 0.717) is 5.56 Å². The Labute approximate surface area is 125 Å². The lowest BCUT2D eigenvalue weighted by Gasteiger charge is -2.09. The number of rotatable bonds is 5. The Morgan fingerprint density at radius 2 is 2.05 bits per heavy atom. The van der Waals surface area contributed by atoms with Crippen LogP contribution in [0.25, 0.3) is 0 Å². The number of halogens is 1. The predicted molar refractivity (Wildman–Crippen MR) is 77.2 cm³/mol. The molecule has 0 spiro atoms. The second-order valence-electron chi connectivity index (χ2n) is 4.42. The third-order valence-electron chi connectivity index (χ3n) is 3.04. The van der Waals surface area contributed by atoms with Gasteiger partial charge in [0.1, 0.15) is 11.6 Å². The number of carbonyl (C=O) groups excluding carboxylic acids is 1. The minimum atomic E-state index is -0.604. The number of hydrogen-bond acceptors (Lipinski definition) is 4. The maximum Gasteiger partial charge on any atom is 0.270 e. The van der Waals surface area contributed by atoms with Gasteiger partial charge in [-0.2, -0.15) is 0 Å². The molecule has 0 aliphatic carbocycles. The molecule has 0 aromatic heterocycles. The lowest BCUT2D eigenvalue weighted by atomic mass is 10.1. The Balaban J connectivity index is 2.20. The maximum atomic E-state index is 13.5. The molecule has 0 bridgehead atoms. The topological polar surface area (TPSA) is 81.5 Å². The van der Waals surface area contributed by atoms with Crippen molar-refractivity contribution in [2.75, 3.05) is 7.11 Å². The molecule has 0 radical (unpaired) electrons. The monoisotopic (exact) mass is 304 g/mol. The van der Waals surface area contributed by atoms with Gasteiger partial charge in [0.15, 0.2) is 0 Å². The third kappa shape index (κ3) is 3.38. The number of ether oxygens (including phenoxy) is 1. The molecule has 0 fully saturated rings. The minimum absolute atomic E-state index is 0.0213. The summed E-state index contributed by atoms with van der Waals surface area (Å²) in [5.74, 6) is -0.811. The van der Waals surface area contributed by atoms with Crippen molar-refractivity contribution in [2.45, 2.75) is 6.54 Å². The number of nitro benzene ring substituents is 1. The average Bonchev–Trinajstić information content (AvgIpc) is 2.53. The number of carbonyl (C=O) groups is 1. The summed E-state index contributed by atoms with van der Waals surface area (Å²) in [4.78, 5) is 22.3. The fourth-order valence-electron chi connectivity index (χ4n) is 1.90. The Bertz CT molecular complexity index is 718. The number of hydrogen-bond donors (Lipinski definition) is 1. The van der Waals surface area contributed by atoms with Crippen molar-refractivity contribution in [3.63, 3.8) is 0 Å². The highest BCUT2D eigenvalue weighted by Gasteiger charge is 2.17. The standard InChI is InChI=1S/C15H13FN2O4/c1-22-14-7-6-11(18(20)21)8-12(14)15(19)17-9-10-4-2-3-5-13(10)16/h2-8H,9H2,1H3,(H,17,19). The fourth-order valence-corrected chi connectivity index (χ4v) is 1.90. The van der Waals surface area contributed by atoms with Gasteiger partial charge in [-0.3, -0.25) is 14.9 Å². The molecular formula is C15H13FN2O4. The highest BCUT2D eigenvalue weighted by atomic mass is 19.1. The second-order valence-corrected chi connectivity index (χ2v) is 4.42. The number of nitrogens with one attached hydrogen (secondary N) is 1. The van der Waals surface area contributed by atoms with Crippen LogP contribution in [-0.4, -0.2) is 17.9 Å². The fraction of sp³-hybridized carbons (Fsp3) is 0.133. The molecule has 2 aromatic rings. The Morgan fingerprint density at radius 1 is 1.32 bits per heavy atom. The van der Waals surface area contributed by atoms with Gasteiger partial charge in [-0.25, -0.2) is 4.39 Å². The van der Waals surface area contributed by atoms with Crippen LogP contribution >= 0.6 is 0 Å². The molecule has 0 atom stereocenters. The van der Waals surface area contributed by atoms with E-state index in [0.717, 1.165) is 6.07 Å². The highest BCUT2D eigenvalue weighted by molar-refractivity contribution is 5.97. The van der Waals surface area contributed by atoms with Crippen molar-refractivity contribution in [1.82, 2.24) is 5.32 Å². The maximum absolute atomic E-state index is 13.5. The molecule has 0 heterocycles. The molecule has 7 heteroatoms.